The number of ether oxygens (including phenoxy) is 2. The summed E-state index contributed by atoms with van der Waals surface area (Å²) >= 11 is 0. The summed E-state index contributed by atoms with van der Waals surface area (Å²) in [5.74, 6) is 0.914. The predicted octanol–water partition coefficient (Wildman–Crippen LogP) is 6.68. The summed E-state index contributed by atoms with van der Waals surface area (Å²) in [5, 5.41) is 0. The monoisotopic (exact) mass is 443 g/mol. The van der Waals surface area contributed by atoms with Crippen LogP contribution in [-0.4, -0.2) is 37.7 Å². The van der Waals surface area contributed by atoms with E-state index >= 15 is 0 Å². The molecule has 0 unspecified atom stereocenters. The molecule has 1 aliphatic carbocycles. The fourth-order valence-corrected chi connectivity index (χ4v) is 5.05. The van der Waals surface area contributed by atoms with Gasteiger partial charge in [-0.1, -0.05) is 92.1 Å². The van der Waals surface area contributed by atoms with E-state index in [1.165, 1.54) is 48.8 Å². The predicted molar refractivity (Wildman–Crippen MR) is 136 cm³/mol. The second-order valence-corrected chi connectivity index (χ2v) is 9.32. The van der Waals surface area contributed by atoms with Crippen molar-refractivity contribution in [1.29, 1.82) is 0 Å². The van der Waals surface area contributed by atoms with Gasteiger partial charge in [-0.05, 0) is 55.1 Å². The smallest absolute Gasteiger partial charge is 0.118 e. The maximum Gasteiger partial charge on any atom is 0.118 e. The molecule has 0 aromatic heterocycles. The Morgan fingerprint density at radius 1 is 0.788 bits per heavy atom. The fraction of sp³-hybridized carbons (Fsp3) is 0.400. The molecule has 0 aliphatic heterocycles. The van der Waals surface area contributed by atoms with Crippen LogP contribution in [0.5, 0.6) is 5.75 Å². The molecule has 3 heteroatoms. The fourth-order valence-electron chi connectivity index (χ4n) is 5.05. The first kappa shape index (κ1) is 23.5. The van der Waals surface area contributed by atoms with Crippen LogP contribution in [0.1, 0.15) is 54.9 Å². The summed E-state index contributed by atoms with van der Waals surface area (Å²) in [6.07, 6.45) is 7.26. The van der Waals surface area contributed by atoms with Crippen LogP contribution in [0, 0.1) is 0 Å². The zero-order valence-electron chi connectivity index (χ0n) is 20.1. The molecule has 1 saturated carbocycles. The lowest BCUT2D eigenvalue weighted by atomic mass is 9.80. The minimum absolute atomic E-state index is 0.0406. The number of rotatable bonds is 10. The highest BCUT2D eigenvalue weighted by atomic mass is 16.5. The normalized spacial score (nSPS) is 15.6. The largest absolute Gasteiger partial charge is 0.497 e. The maximum absolute atomic E-state index is 6.80. The number of methoxy groups -OCH3 is 1. The molecule has 0 atom stereocenters. The second kappa shape index (κ2) is 11.5. The average molecular weight is 444 g/mol. The van der Waals surface area contributed by atoms with E-state index in [4.69, 9.17) is 9.47 Å². The van der Waals surface area contributed by atoms with Crippen LogP contribution in [0.15, 0.2) is 84.9 Å². The Morgan fingerprint density at radius 3 is 1.91 bits per heavy atom. The second-order valence-electron chi connectivity index (χ2n) is 9.32. The van der Waals surface area contributed by atoms with Gasteiger partial charge in [-0.25, -0.2) is 0 Å². The van der Waals surface area contributed by atoms with E-state index in [0.29, 0.717) is 0 Å². The van der Waals surface area contributed by atoms with E-state index in [1.807, 2.05) is 0 Å². The van der Waals surface area contributed by atoms with Crippen molar-refractivity contribution in [3.8, 4) is 5.75 Å². The summed E-state index contributed by atoms with van der Waals surface area (Å²) in [6.45, 7) is 1.78. The minimum atomic E-state index is -0.0406. The Kier molecular flexibility index (Phi) is 8.20. The highest BCUT2D eigenvalue weighted by Gasteiger charge is 2.37. The molecule has 0 heterocycles. The number of likely N-dealkylation sites (N-methyl/N-ethyl adjacent to an activating group) is 1. The van der Waals surface area contributed by atoms with Gasteiger partial charge in [0.25, 0.3) is 0 Å². The molecule has 174 valence electrons. The van der Waals surface area contributed by atoms with Gasteiger partial charge in [0.1, 0.15) is 11.9 Å². The minimum Gasteiger partial charge on any atom is -0.497 e. The van der Waals surface area contributed by atoms with E-state index in [-0.39, 0.29) is 11.6 Å². The highest BCUT2D eigenvalue weighted by Crippen LogP contribution is 2.36. The van der Waals surface area contributed by atoms with Gasteiger partial charge in [-0.15, -0.1) is 0 Å². The van der Waals surface area contributed by atoms with Crippen LogP contribution >= 0.6 is 0 Å². The van der Waals surface area contributed by atoms with Gasteiger partial charge >= 0.3 is 0 Å². The Hall–Kier alpha value is -2.62. The van der Waals surface area contributed by atoms with Crippen LogP contribution in [-0.2, 0) is 11.2 Å². The van der Waals surface area contributed by atoms with Crippen LogP contribution in [0.4, 0.5) is 0 Å². The van der Waals surface area contributed by atoms with Crippen molar-refractivity contribution in [3.63, 3.8) is 0 Å². The lowest BCUT2D eigenvalue weighted by Gasteiger charge is -2.45. The van der Waals surface area contributed by atoms with Crippen molar-refractivity contribution in [2.24, 2.45) is 0 Å². The molecule has 33 heavy (non-hydrogen) atoms. The molecule has 0 bridgehead atoms. The first-order valence-electron chi connectivity index (χ1n) is 12.3. The summed E-state index contributed by atoms with van der Waals surface area (Å²) in [7, 11) is 4.01. The van der Waals surface area contributed by atoms with Gasteiger partial charge in [-0.2, -0.15) is 0 Å². The van der Waals surface area contributed by atoms with Gasteiger partial charge in [0.15, 0.2) is 0 Å². The topological polar surface area (TPSA) is 21.7 Å². The highest BCUT2D eigenvalue weighted by molar-refractivity contribution is 5.30. The summed E-state index contributed by atoms with van der Waals surface area (Å²) < 4.78 is 12.1. The molecular formula is C30H37NO2. The molecule has 3 aromatic rings. The summed E-state index contributed by atoms with van der Waals surface area (Å²) in [4.78, 5) is 2.57. The molecule has 0 radical (unpaired) electrons. The molecule has 0 amide bonds. The molecule has 0 N–H and O–H groups in total. The Morgan fingerprint density at radius 2 is 1.36 bits per heavy atom. The van der Waals surface area contributed by atoms with Crippen molar-refractivity contribution < 1.29 is 9.47 Å². The Bertz CT molecular complexity index is 910. The molecule has 1 fully saturated rings. The van der Waals surface area contributed by atoms with Crippen LogP contribution in [0.2, 0.25) is 0 Å². The van der Waals surface area contributed by atoms with E-state index < -0.39 is 0 Å². The van der Waals surface area contributed by atoms with Gasteiger partial charge < -0.3 is 9.47 Å². The van der Waals surface area contributed by atoms with Crippen LogP contribution in [0.3, 0.4) is 0 Å². The molecule has 0 saturated heterocycles. The zero-order valence-corrected chi connectivity index (χ0v) is 20.1. The van der Waals surface area contributed by atoms with Crippen molar-refractivity contribution in [2.75, 3.05) is 27.3 Å². The average Bonchev–Trinajstić information content (AvgIpc) is 2.89. The van der Waals surface area contributed by atoms with Gasteiger partial charge in [0.05, 0.1) is 13.7 Å². The number of benzene rings is 3. The van der Waals surface area contributed by atoms with Gasteiger partial charge in [0, 0.05) is 12.1 Å². The van der Waals surface area contributed by atoms with Crippen molar-refractivity contribution >= 4 is 0 Å². The van der Waals surface area contributed by atoms with Crippen LogP contribution < -0.4 is 4.74 Å². The standard InChI is InChI=1S/C30H37NO2/c1-31(23-20-25-16-18-28(32-2)19-17-25)30(21-10-5-11-22-30)24-33-29(26-12-6-3-7-13-26)27-14-8-4-9-15-27/h3-4,6-9,12-19,29H,5,10-11,20-24H2,1-2H3. The first-order valence-corrected chi connectivity index (χ1v) is 12.3. The summed E-state index contributed by atoms with van der Waals surface area (Å²) in [5.41, 5.74) is 3.87. The summed E-state index contributed by atoms with van der Waals surface area (Å²) in [6, 6.07) is 29.7. The SMILES string of the molecule is COc1ccc(CCN(C)C2(COC(c3ccccc3)c3ccccc3)CCCCC2)cc1. The van der Waals surface area contributed by atoms with Gasteiger partial charge in [-0.3, -0.25) is 4.90 Å². The third kappa shape index (κ3) is 6.04. The first-order chi connectivity index (χ1) is 16.2. The molecule has 3 nitrogen and oxygen atoms in total. The Balaban J connectivity index is 1.48. The number of hydrogen-bond donors (Lipinski definition) is 0. The Labute approximate surface area is 199 Å². The molecule has 4 rings (SSSR count). The van der Waals surface area contributed by atoms with E-state index in [0.717, 1.165) is 25.3 Å². The maximum atomic E-state index is 6.80. The molecular weight excluding hydrogens is 406 g/mol. The molecule has 3 aromatic carbocycles. The van der Waals surface area contributed by atoms with E-state index in [2.05, 4.69) is 96.9 Å². The van der Waals surface area contributed by atoms with Crippen molar-refractivity contribution in [1.82, 2.24) is 4.90 Å². The van der Waals surface area contributed by atoms with E-state index in [1.54, 1.807) is 7.11 Å². The lowest BCUT2D eigenvalue weighted by molar-refractivity contribution is -0.0394. The van der Waals surface area contributed by atoms with Gasteiger partial charge in [0.2, 0.25) is 0 Å². The number of hydrogen-bond acceptors (Lipinski definition) is 3. The quantitative estimate of drug-likeness (QED) is 0.349. The number of nitrogens with zero attached hydrogens (tertiary/aromatic N) is 1. The van der Waals surface area contributed by atoms with E-state index in [9.17, 15) is 0 Å². The van der Waals surface area contributed by atoms with Crippen molar-refractivity contribution in [2.45, 2.75) is 50.2 Å². The zero-order chi connectivity index (χ0) is 22.9. The molecule has 0 spiro atoms. The van der Waals surface area contributed by atoms with Crippen molar-refractivity contribution in [3.05, 3.63) is 102 Å². The van der Waals surface area contributed by atoms with Crippen LogP contribution in [0.25, 0.3) is 0 Å². The third-order valence-electron chi connectivity index (χ3n) is 7.21. The third-order valence-corrected chi connectivity index (χ3v) is 7.21. The molecule has 1 aliphatic rings. The lowest BCUT2D eigenvalue weighted by Crippen LogP contribution is -2.52.